The highest BCUT2D eigenvalue weighted by atomic mass is 14.2. The molecule has 1 unspecified atom stereocenters. The van der Waals surface area contributed by atoms with Crippen molar-refractivity contribution >= 4 is 0 Å². The van der Waals surface area contributed by atoms with E-state index in [1.807, 2.05) is 0 Å². The van der Waals surface area contributed by atoms with E-state index in [0.29, 0.717) is 0 Å². The lowest BCUT2D eigenvalue weighted by Gasteiger charge is -2.21. The Kier molecular flexibility index (Phi) is 9.55. The Bertz CT molecular complexity index is 103. The van der Waals surface area contributed by atoms with Gasteiger partial charge in [-0.15, -0.1) is 0 Å². The van der Waals surface area contributed by atoms with Crippen molar-refractivity contribution in [3.05, 3.63) is 0 Å². The van der Waals surface area contributed by atoms with Gasteiger partial charge in [-0.3, -0.25) is 0 Å². The molecule has 0 saturated heterocycles. The van der Waals surface area contributed by atoms with Gasteiger partial charge in [-0.25, -0.2) is 0 Å². The third kappa shape index (κ3) is 6.45. The highest BCUT2D eigenvalue weighted by Gasteiger charge is 2.12. The van der Waals surface area contributed by atoms with Crippen molar-refractivity contribution in [1.82, 2.24) is 0 Å². The number of rotatable bonds is 9. The summed E-state index contributed by atoms with van der Waals surface area (Å²) >= 11 is 0. The molecule has 0 fully saturated rings. The van der Waals surface area contributed by atoms with Crippen LogP contribution in [-0.2, 0) is 0 Å². The molecule has 0 radical (unpaired) electrons. The topological polar surface area (TPSA) is 0 Å². The van der Waals surface area contributed by atoms with Crippen LogP contribution in [0.3, 0.4) is 0 Å². The van der Waals surface area contributed by atoms with E-state index < -0.39 is 0 Å². The minimum Gasteiger partial charge on any atom is -0.0654 e. The Labute approximate surface area is 91.5 Å². The minimum absolute atomic E-state index is 0.989. The molecular weight excluding hydrogens is 168 g/mol. The lowest BCUT2D eigenvalue weighted by Crippen LogP contribution is -2.08. The summed E-state index contributed by atoms with van der Waals surface area (Å²) in [5.41, 5.74) is 0. The lowest BCUT2D eigenvalue weighted by atomic mass is 9.85. The van der Waals surface area contributed by atoms with Crippen molar-refractivity contribution in [3.63, 3.8) is 0 Å². The Hall–Kier alpha value is 0. The monoisotopic (exact) mass is 198 g/mol. The summed E-state index contributed by atoms with van der Waals surface area (Å²) < 4.78 is 0. The van der Waals surface area contributed by atoms with Crippen molar-refractivity contribution in [2.75, 3.05) is 0 Å². The Morgan fingerprint density at radius 1 is 0.714 bits per heavy atom. The summed E-state index contributed by atoms with van der Waals surface area (Å²) in [6.07, 6.45) is 11.3. The van der Waals surface area contributed by atoms with Crippen LogP contribution >= 0.6 is 0 Å². The van der Waals surface area contributed by atoms with Crippen molar-refractivity contribution < 1.29 is 0 Å². The second kappa shape index (κ2) is 9.55. The molecule has 0 amide bonds. The van der Waals surface area contributed by atoms with E-state index in [1.54, 1.807) is 0 Å². The molecule has 0 heterocycles. The molecule has 0 N–H and O–H groups in total. The molecular formula is C14H30. The van der Waals surface area contributed by atoms with E-state index in [-0.39, 0.29) is 0 Å². The minimum atomic E-state index is 0.989. The maximum atomic E-state index is 2.34. The maximum absolute atomic E-state index is 2.34. The van der Waals surface area contributed by atoms with Crippen LogP contribution in [0.2, 0.25) is 0 Å². The summed E-state index contributed by atoms with van der Waals surface area (Å²) in [4.78, 5) is 0. The van der Waals surface area contributed by atoms with Crippen LogP contribution in [0.25, 0.3) is 0 Å². The fourth-order valence-corrected chi connectivity index (χ4v) is 2.37. The van der Waals surface area contributed by atoms with Gasteiger partial charge in [-0.2, -0.15) is 0 Å². The molecule has 0 spiro atoms. The Balaban J connectivity index is 3.80. The van der Waals surface area contributed by atoms with E-state index in [1.165, 1.54) is 51.4 Å². The third-order valence-electron chi connectivity index (χ3n) is 3.48. The first kappa shape index (κ1) is 14.0. The zero-order valence-corrected chi connectivity index (χ0v) is 10.8. The van der Waals surface area contributed by atoms with Gasteiger partial charge in [-0.05, 0) is 18.3 Å². The molecule has 0 aromatic carbocycles. The largest absolute Gasteiger partial charge is 0.0654 e. The van der Waals surface area contributed by atoms with Crippen molar-refractivity contribution in [2.45, 2.75) is 79.1 Å². The van der Waals surface area contributed by atoms with Gasteiger partial charge in [0.2, 0.25) is 0 Å². The van der Waals surface area contributed by atoms with E-state index in [0.717, 1.165) is 11.8 Å². The highest BCUT2D eigenvalue weighted by Crippen LogP contribution is 2.26. The van der Waals surface area contributed by atoms with Crippen LogP contribution in [0.5, 0.6) is 0 Å². The summed E-state index contributed by atoms with van der Waals surface area (Å²) in [5, 5.41) is 0. The summed E-state index contributed by atoms with van der Waals surface area (Å²) in [6, 6.07) is 0. The fourth-order valence-electron chi connectivity index (χ4n) is 2.37. The summed E-state index contributed by atoms with van der Waals surface area (Å²) in [7, 11) is 0. The number of unbranched alkanes of at least 4 members (excludes halogenated alkanes) is 1. The van der Waals surface area contributed by atoms with Crippen molar-refractivity contribution in [2.24, 2.45) is 11.8 Å². The zero-order valence-electron chi connectivity index (χ0n) is 10.8. The average molecular weight is 198 g/mol. The maximum Gasteiger partial charge on any atom is -0.0412 e. The quantitative estimate of drug-likeness (QED) is 0.464. The highest BCUT2D eigenvalue weighted by molar-refractivity contribution is 4.65. The average Bonchev–Trinajstić information content (AvgIpc) is 2.22. The van der Waals surface area contributed by atoms with Gasteiger partial charge in [-0.1, -0.05) is 72.6 Å². The first-order valence-electron chi connectivity index (χ1n) is 6.78. The van der Waals surface area contributed by atoms with Crippen LogP contribution in [0, 0.1) is 11.8 Å². The van der Waals surface area contributed by atoms with E-state index >= 15 is 0 Å². The molecule has 0 aliphatic rings. The molecule has 0 aromatic rings. The van der Waals surface area contributed by atoms with Gasteiger partial charge in [0.25, 0.3) is 0 Å². The Morgan fingerprint density at radius 3 is 1.79 bits per heavy atom. The smallest absolute Gasteiger partial charge is 0.0412 e. The zero-order chi connectivity index (χ0) is 10.8. The lowest BCUT2D eigenvalue weighted by molar-refractivity contribution is 0.314. The van der Waals surface area contributed by atoms with Crippen molar-refractivity contribution in [3.8, 4) is 0 Å². The second-order valence-electron chi connectivity index (χ2n) is 4.72. The third-order valence-corrected chi connectivity index (χ3v) is 3.48. The second-order valence-corrected chi connectivity index (χ2v) is 4.72. The van der Waals surface area contributed by atoms with Crippen LogP contribution in [0.4, 0.5) is 0 Å². The summed E-state index contributed by atoms with van der Waals surface area (Å²) in [6.45, 7) is 9.32. The normalized spacial score (nSPS) is 13.5. The predicted octanol–water partition coefficient (Wildman–Crippen LogP) is 5.42. The summed E-state index contributed by atoms with van der Waals surface area (Å²) in [5.74, 6) is 2.01. The van der Waals surface area contributed by atoms with Gasteiger partial charge in [0.15, 0.2) is 0 Å². The molecule has 0 aromatic heterocycles. The molecule has 86 valence electrons. The van der Waals surface area contributed by atoms with E-state index in [4.69, 9.17) is 0 Å². The molecule has 0 bridgehead atoms. The van der Waals surface area contributed by atoms with Crippen LogP contribution < -0.4 is 0 Å². The SMILES string of the molecule is CCCCC(CCC)CC(CC)CC. The van der Waals surface area contributed by atoms with Gasteiger partial charge in [0, 0.05) is 0 Å². The van der Waals surface area contributed by atoms with Crippen LogP contribution in [0.1, 0.15) is 79.1 Å². The first-order valence-corrected chi connectivity index (χ1v) is 6.78. The van der Waals surface area contributed by atoms with Gasteiger partial charge < -0.3 is 0 Å². The van der Waals surface area contributed by atoms with Crippen molar-refractivity contribution in [1.29, 1.82) is 0 Å². The molecule has 0 rings (SSSR count). The van der Waals surface area contributed by atoms with Gasteiger partial charge in [0.05, 0.1) is 0 Å². The number of hydrogen-bond acceptors (Lipinski definition) is 0. The predicted molar refractivity (Wildman–Crippen MR) is 66.6 cm³/mol. The molecule has 0 heteroatoms. The van der Waals surface area contributed by atoms with Crippen LogP contribution in [0.15, 0.2) is 0 Å². The number of hydrogen-bond donors (Lipinski definition) is 0. The standard InChI is InChI=1S/C14H30/c1-5-9-11-14(10-6-2)12-13(7-3)8-4/h13-14H,5-12H2,1-4H3. The van der Waals surface area contributed by atoms with E-state index in [9.17, 15) is 0 Å². The van der Waals surface area contributed by atoms with Gasteiger partial charge in [0.1, 0.15) is 0 Å². The molecule has 0 saturated carbocycles. The molecule has 0 aliphatic carbocycles. The molecule has 1 atom stereocenters. The molecule has 14 heavy (non-hydrogen) atoms. The first-order chi connectivity index (χ1) is 6.78. The van der Waals surface area contributed by atoms with E-state index in [2.05, 4.69) is 27.7 Å². The Morgan fingerprint density at radius 2 is 1.36 bits per heavy atom. The fraction of sp³-hybridized carbons (Fsp3) is 1.00. The molecule has 0 aliphatic heterocycles. The molecule has 0 nitrogen and oxygen atoms in total. The van der Waals surface area contributed by atoms with Gasteiger partial charge >= 0.3 is 0 Å². The van der Waals surface area contributed by atoms with Crippen LogP contribution in [-0.4, -0.2) is 0 Å².